The van der Waals surface area contributed by atoms with Gasteiger partial charge in [0.1, 0.15) is 11.9 Å². The highest BCUT2D eigenvalue weighted by molar-refractivity contribution is 7.98. The zero-order valence-electron chi connectivity index (χ0n) is 13.6. The van der Waals surface area contributed by atoms with E-state index >= 15 is 0 Å². The summed E-state index contributed by atoms with van der Waals surface area (Å²) in [5, 5.41) is 7.20. The fourth-order valence-corrected chi connectivity index (χ4v) is 2.51. The number of ether oxygens (including phenoxy) is 1. The molecule has 0 saturated carbocycles. The first-order valence-electron chi connectivity index (χ1n) is 7.52. The van der Waals surface area contributed by atoms with Crippen LogP contribution in [0, 0.1) is 0 Å². The van der Waals surface area contributed by atoms with Gasteiger partial charge in [0.15, 0.2) is 5.96 Å². The first-order valence-corrected chi connectivity index (χ1v) is 9.29. The Balaban J connectivity index is 2.26. The van der Waals surface area contributed by atoms with Crippen molar-refractivity contribution < 1.29 is 4.74 Å². The molecule has 6 heteroatoms. The molecule has 0 spiro atoms. The van der Waals surface area contributed by atoms with Gasteiger partial charge in [0.25, 0.3) is 0 Å². The Kier molecular flexibility index (Phi) is 9.91. The Bertz CT molecular complexity index is 457. The fraction of sp³-hybridized carbons (Fsp3) is 0.562. The molecule has 1 aromatic rings. The topological polar surface area (TPSA) is 45.7 Å². The SMILES string of the molecule is CN=C(NCCCCSC)NCC(C)Oc1ccccc1Cl. The van der Waals surface area contributed by atoms with E-state index in [9.17, 15) is 0 Å². The monoisotopic (exact) mass is 343 g/mol. The van der Waals surface area contributed by atoms with Gasteiger partial charge in [-0.2, -0.15) is 11.8 Å². The van der Waals surface area contributed by atoms with Gasteiger partial charge in [-0.1, -0.05) is 23.7 Å². The predicted molar refractivity (Wildman–Crippen MR) is 98.5 cm³/mol. The van der Waals surface area contributed by atoms with Gasteiger partial charge in [0, 0.05) is 13.6 Å². The van der Waals surface area contributed by atoms with Gasteiger partial charge in [-0.25, -0.2) is 0 Å². The summed E-state index contributed by atoms with van der Waals surface area (Å²) in [5.41, 5.74) is 0. The highest BCUT2D eigenvalue weighted by Crippen LogP contribution is 2.23. The maximum atomic E-state index is 6.09. The molecule has 0 amide bonds. The van der Waals surface area contributed by atoms with E-state index in [1.807, 2.05) is 43.0 Å². The van der Waals surface area contributed by atoms with Gasteiger partial charge in [-0.15, -0.1) is 0 Å². The lowest BCUT2D eigenvalue weighted by Crippen LogP contribution is -2.42. The van der Waals surface area contributed by atoms with Crippen LogP contribution < -0.4 is 15.4 Å². The molecule has 0 radical (unpaired) electrons. The van der Waals surface area contributed by atoms with E-state index in [2.05, 4.69) is 21.9 Å². The summed E-state index contributed by atoms with van der Waals surface area (Å²) in [6.45, 7) is 3.60. The number of unbranched alkanes of at least 4 members (excludes halogenated alkanes) is 1. The third-order valence-electron chi connectivity index (χ3n) is 3.01. The standard InChI is InChI=1S/C16H26ClN3OS/c1-13(21-15-9-5-4-8-14(15)17)12-20-16(18-2)19-10-6-7-11-22-3/h4-5,8-9,13H,6-7,10-12H2,1-3H3,(H2,18,19,20). The van der Waals surface area contributed by atoms with Gasteiger partial charge < -0.3 is 15.4 Å². The first-order chi connectivity index (χ1) is 10.7. The smallest absolute Gasteiger partial charge is 0.191 e. The van der Waals surface area contributed by atoms with Crippen molar-refractivity contribution in [1.29, 1.82) is 0 Å². The Morgan fingerprint density at radius 3 is 2.77 bits per heavy atom. The van der Waals surface area contributed by atoms with Crippen LogP contribution in [0.15, 0.2) is 29.3 Å². The number of halogens is 1. The van der Waals surface area contributed by atoms with Crippen molar-refractivity contribution in [2.75, 3.05) is 32.1 Å². The van der Waals surface area contributed by atoms with Crippen LogP contribution in [0.2, 0.25) is 5.02 Å². The molecule has 124 valence electrons. The zero-order chi connectivity index (χ0) is 16.2. The number of nitrogens with one attached hydrogen (secondary N) is 2. The number of guanidine groups is 1. The average molecular weight is 344 g/mol. The maximum Gasteiger partial charge on any atom is 0.191 e. The summed E-state index contributed by atoms with van der Waals surface area (Å²) in [6.07, 6.45) is 4.49. The summed E-state index contributed by atoms with van der Waals surface area (Å²) in [7, 11) is 1.77. The fourth-order valence-electron chi connectivity index (χ4n) is 1.84. The minimum absolute atomic E-state index is 0.00468. The largest absolute Gasteiger partial charge is 0.487 e. The Labute approximate surface area is 143 Å². The Hall–Kier alpha value is -1.07. The van der Waals surface area contributed by atoms with Crippen LogP contribution in [0.25, 0.3) is 0 Å². The van der Waals surface area contributed by atoms with Crippen LogP contribution in [-0.2, 0) is 0 Å². The molecule has 22 heavy (non-hydrogen) atoms. The molecule has 0 aliphatic heterocycles. The van der Waals surface area contributed by atoms with Crippen LogP contribution in [0.5, 0.6) is 5.75 Å². The molecule has 0 saturated heterocycles. The highest BCUT2D eigenvalue weighted by Gasteiger charge is 2.07. The van der Waals surface area contributed by atoms with Crippen molar-refractivity contribution in [2.45, 2.75) is 25.9 Å². The van der Waals surface area contributed by atoms with E-state index in [1.165, 1.54) is 12.2 Å². The molecule has 1 aromatic carbocycles. The molecule has 0 bridgehead atoms. The minimum atomic E-state index is -0.00468. The maximum absolute atomic E-state index is 6.09. The zero-order valence-corrected chi connectivity index (χ0v) is 15.1. The van der Waals surface area contributed by atoms with Crippen molar-refractivity contribution in [3.63, 3.8) is 0 Å². The normalized spacial score (nSPS) is 12.8. The Morgan fingerprint density at radius 2 is 2.09 bits per heavy atom. The predicted octanol–water partition coefficient (Wildman–Crippen LogP) is 3.42. The lowest BCUT2D eigenvalue weighted by atomic mass is 10.3. The van der Waals surface area contributed by atoms with Crippen LogP contribution in [0.4, 0.5) is 0 Å². The molecule has 1 rings (SSSR count). The number of benzene rings is 1. The molecule has 1 unspecified atom stereocenters. The Morgan fingerprint density at radius 1 is 1.32 bits per heavy atom. The molecule has 0 aliphatic carbocycles. The van der Waals surface area contributed by atoms with Crippen molar-refractivity contribution in [2.24, 2.45) is 4.99 Å². The molecule has 4 nitrogen and oxygen atoms in total. The van der Waals surface area contributed by atoms with Gasteiger partial charge in [0.2, 0.25) is 0 Å². The summed E-state index contributed by atoms with van der Waals surface area (Å²) >= 11 is 7.97. The number of hydrogen-bond acceptors (Lipinski definition) is 3. The van der Waals surface area contributed by atoms with E-state index < -0.39 is 0 Å². The van der Waals surface area contributed by atoms with Crippen LogP contribution in [0.1, 0.15) is 19.8 Å². The van der Waals surface area contributed by atoms with E-state index in [0.717, 1.165) is 18.9 Å². The van der Waals surface area contributed by atoms with E-state index in [0.29, 0.717) is 17.3 Å². The van der Waals surface area contributed by atoms with Crippen molar-refractivity contribution in [1.82, 2.24) is 10.6 Å². The van der Waals surface area contributed by atoms with Gasteiger partial charge in [-0.05, 0) is 43.9 Å². The third-order valence-corrected chi connectivity index (χ3v) is 4.02. The summed E-state index contributed by atoms with van der Waals surface area (Å²) in [4.78, 5) is 4.21. The van der Waals surface area contributed by atoms with Crippen molar-refractivity contribution >= 4 is 29.3 Å². The summed E-state index contributed by atoms with van der Waals surface area (Å²) < 4.78 is 5.82. The first kappa shape index (κ1) is 19.0. The molecule has 0 aromatic heterocycles. The molecule has 0 aliphatic rings. The minimum Gasteiger partial charge on any atom is -0.487 e. The summed E-state index contributed by atoms with van der Waals surface area (Å²) in [5.74, 6) is 2.72. The van der Waals surface area contributed by atoms with Crippen molar-refractivity contribution in [3.8, 4) is 5.75 Å². The molecule has 0 heterocycles. The van der Waals surface area contributed by atoms with E-state index in [4.69, 9.17) is 16.3 Å². The number of hydrogen-bond donors (Lipinski definition) is 2. The molecular weight excluding hydrogens is 318 g/mol. The number of para-hydroxylation sites is 1. The number of rotatable bonds is 9. The highest BCUT2D eigenvalue weighted by atomic mass is 35.5. The molecular formula is C16H26ClN3OS. The van der Waals surface area contributed by atoms with Gasteiger partial charge in [0.05, 0.1) is 11.6 Å². The quantitative estimate of drug-likeness (QED) is 0.410. The average Bonchev–Trinajstić information content (AvgIpc) is 2.52. The summed E-state index contributed by atoms with van der Waals surface area (Å²) in [6, 6.07) is 7.50. The van der Waals surface area contributed by atoms with Crippen LogP contribution in [-0.4, -0.2) is 44.2 Å². The number of aliphatic imine (C=N–C) groups is 1. The van der Waals surface area contributed by atoms with Gasteiger partial charge >= 0.3 is 0 Å². The number of thioether (sulfide) groups is 1. The van der Waals surface area contributed by atoms with Crippen LogP contribution in [0.3, 0.4) is 0 Å². The molecule has 1 atom stereocenters. The van der Waals surface area contributed by atoms with E-state index in [-0.39, 0.29) is 6.10 Å². The molecule has 0 fully saturated rings. The van der Waals surface area contributed by atoms with Crippen molar-refractivity contribution in [3.05, 3.63) is 29.3 Å². The second-order valence-corrected chi connectivity index (χ2v) is 6.33. The second kappa shape index (κ2) is 11.5. The van der Waals surface area contributed by atoms with Gasteiger partial charge in [-0.3, -0.25) is 4.99 Å². The third kappa shape index (κ3) is 7.80. The lowest BCUT2D eigenvalue weighted by Gasteiger charge is -2.18. The van der Waals surface area contributed by atoms with Crippen LogP contribution >= 0.6 is 23.4 Å². The second-order valence-electron chi connectivity index (χ2n) is 4.94. The van der Waals surface area contributed by atoms with E-state index in [1.54, 1.807) is 7.05 Å². The molecule has 2 N–H and O–H groups in total. The number of nitrogens with zero attached hydrogens (tertiary/aromatic N) is 1. The lowest BCUT2D eigenvalue weighted by molar-refractivity contribution is 0.224.